The maximum Gasteiger partial charge on any atom is 0.231 e. The normalized spacial score (nSPS) is 23.7. The SMILES string of the molecule is CC1(C)C2=CC3c4ccccc4C4(CCCCC4)C3C=C2c2cc(-c3ccc4c(c3)C3C=CC=C(c5nc(-c6ccccc6)c6c(n5)oc5ccccc56)C3O4)ccc21. The number of furan rings is 1. The molecule has 1 fully saturated rings. The summed E-state index contributed by atoms with van der Waals surface area (Å²) in [6, 6.07) is 41.9. The summed E-state index contributed by atoms with van der Waals surface area (Å²) in [4.78, 5) is 10.4. The lowest BCUT2D eigenvalue weighted by Crippen LogP contribution is -2.35. The molecule has 1 saturated carbocycles. The van der Waals surface area contributed by atoms with Crippen LogP contribution in [-0.2, 0) is 10.8 Å². The monoisotopic (exact) mass is 764 g/mol. The number of nitrogens with zero attached hydrogens (tertiary/aromatic N) is 2. The molecule has 13 rings (SSSR count). The summed E-state index contributed by atoms with van der Waals surface area (Å²) in [7, 11) is 0. The Labute approximate surface area is 344 Å². The van der Waals surface area contributed by atoms with E-state index in [2.05, 4.69) is 135 Å². The van der Waals surface area contributed by atoms with Gasteiger partial charge in [0.2, 0.25) is 5.71 Å². The molecule has 4 nitrogen and oxygen atoms in total. The van der Waals surface area contributed by atoms with E-state index in [1.54, 1.807) is 11.1 Å². The van der Waals surface area contributed by atoms with Gasteiger partial charge in [0.1, 0.15) is 17.4 Å². The molecule has 1 aliphatic heterocycles. The van der Waals surface area contributed by atoms with Crippen molar-refractivity contribution in [3.63, 3.8) is 0 Å². The van der Waals surface area contributed by atoms with Gasteiger partial charge in [0, 0.05) is 44.8 Å². The van der Waals surface area contributed by atoms with E-state index in [9.17, 15) is 0 Å². The number of hydrogen-bond acceptors (Lipinski definition) is 4. The van der Waals surface area contributed by atoms with Crippen LogP contribution >= 0.6 is 0 Å². The van der Waals surface area contributed by atoms with Crippen molar-refractivity contribution in [1.29, 1.82) is 0 Å². The third kappa shape index (κ3) is 4.66. The highest BCUT2D eigenvalue weighted by atomic mass is 16.5. The predicted molar refractivity (Wildman–Crippen MR) is 237 cm³/mol. The highest BCUT2D eigenvalue weighted by Gasteiger charge is 2.54. The molecule has 5 aromatic carbocycles. The van der Waals surface area contributed by atoms with Gasteiger partial charge in [-0.1, -0.05) is 154 Å². The van der Waals surface area contributed by atoms with Crippen LogP contribution in [0, 0.1) is 5.92 Å². The molecule has 7 aromatic rings. The second-order valence-electron chi connectivity index (χ2n) is 18.3. The average molecular weight is 765 g/mol. The second kappa shape index (κ2) is 12.1. The molecule has 4 unspecified atom stereocenters. The summed E-state index contributed by atoms with van der Waals surface area (Å²) >= 11 is 0. The first-order valence-electron chi connectivity index (χ1n) is 21.6. The van der Waals surface area contributed by atoms with Gasteiger partial charge in [-0.05, 0) is 87.6 Å². The predicted octanol–water partition coefficient (Wildman–Crippen LogP) is 13.4. The fraction of sp³-hybridized carbons (Fsp3) is 0.236. The summed E-state index contributed by atoms with van der Waals surface area (Å²) in [5, 5.41) is 1.95. The summed E-state index contributed by atoms with van der Waals surface area (Å²) < 4.78 is 13.2. The lowest BCUT2D eigenvalue weighted by atomic mass is 9.62. The van der Waals surface area contributed by atoms with Crippen LogP contribution < -0.4 is 4.74 Å². The zero-order valence-electron chi connectivity index (χ0n) is 33.4. The van der Waals surface area contributed by atoms with Gasteiger partial charge >= 0.3 is 0 Å². The van der Waals surface area contributed by atoms with Crippen LogP contribution in [-0.4, -0.2) is 16.1 Å². The van der Waals surface area contributed by atoms with E-state index < -0.39 is 0 Å². The van der Waals surface area contributed by atoms with Crippen molar-refractivity contribution in [2.75, 3.05) is 0 Å². The Balaban J connectivity index is 0.868. The Bertz CT molecular complexity index is 3060. The van der Waals surface area contributed by atoms with Crippen LogP contribution in [0.5, 0.6) is 5.75 Å². The first-order valence-corrected chi connectivity index (χ1v) is 21.6. The molecule has 4 heteroatoms. The number of hydrogen-bond donors (Lipinski definition) is 0. The summed E-state index contributed by atoms with van der Waals surface area (Å²) in [5.74, 6) is 2.56. The van der Waals surface area contributed by atoms with E-state index in [0.29, 0.717) is 23.4 Å². The molecule has 0 amide bonds. The molecule has 4 atom stereocenters. The zero-order valence-corrected chi connectivity index (χ0v) is 33.4. The first kappa shape index (κ1) is 33.7. The van der Waals surface area contributed by atoms with Crippen molar-refractivity contribution in [1.82, 2.24) is 9.97 Å². The minimum Gasteiger partial charge on any atom is -0.484 e. The Kier molecular flexibility index (Phi) is 6.93. The maximum atomic E-state index is 6.83. The molecule has 5 aliphatic carbocycles. The van der Waals surface area contributed by atoms with Gasteiger partial charge in [0.15, 0.2) is 5.82 Å². The van der Waals surface area contributed by atoms with Crippen molar-refractivity contribution in [3.8, 4) is 28.1 Å². The quantitative estimate of drug-likeness (QED) is 0.180. The van der Waals surface area contributed by atoms with Crippen molar-refractivity contribution < 1.29 is 9.15 Å². The molecule has 286 valence electrons. The number of benzene rings is 5. The molecular weight excluding hydrogens is 721 g/mol. The Morgan fingerprint density at radius 1 is 0.678 bits per heavy atom. The van der Waals surface area contributed by atoms with Gasteiger partial charge in [0.05, 0.1) is 11.1 Å². The third-order valence-corrected chi connectivity index (χ3v) is 15.0. The molecular formula is C55H44N2O2. The average Bonchev–Trinajstić information content (AvgIpc) is 3.99. The minimum atomic E-state index is -0.243. The van der Waals surface area contributed by atoms with Crippen molar-refractivity contribution >= 4 is 33.2 Å². The Morgan fingerprint density at radius 3 is 2.37 bits per heavy atom. The molecule has 0 bridgehead atoms. The molecule has 6 aliphatic rings. The Morgan fingerprint density at radius 2 is 1.47 bits per heavy atom. The number of ether oxygens (including phenoxy) is 1. The number of allylic oxidation sites excluding steroid dienone is 6. The second-order valence-corrected chi connectivity index (χ2v) is 18.3. The lowest BCUT2D eigenvalue weighted by molar-refractivity contribution is 0.233. The fourth-order valence-electron chi connectivity index (χ4n) is 12.2. The summed E-state index contributed by atoms with van der Waals surface area (Å²) in [6.07, 6.45) is 18.3. The number of para-hydroxylation sites is 1. The lowest BCUT2D eigenvalue weighted by Gasteiger charge is -2.41. The third-order valence-electron chi connectivity index (χ3n) is 15.0. The summed E-state index contributed by atoms with van der Waals surface area (Å²) in [6.45, 7) is 4.86. The molecule has 1 spiro atoms. The zero-order chi connectivity index (χ0) is 39.0. The van der Waals surface area contributed by atoms with E-state index in [4.69, 9.17) is 19.1 Å². The smallest absolute Gasteiger partial charge is 0.231 e. The largest absolute Gasteiger partial charge is 0.484 e. The fourth-order valence-corrected chi connectivity index (χ4v) is 12.2. The molecule has 59 heavy (non-hydrogen) atoms. The van der Waals surface area contributed by atoms with Crippen LogP contribution in [0.4, 0.5) is 0 Å². The molecule has 0 radical (unpaired) electrons. The van der Waals surface area contributed by atoms with Crippen LogP contribution in [0.2, 0.25) is 0 Å². The van der Waals surface area contributed by atoms with Crippen LogP contribution in [0.1, 0.15) is 91.4 Å². The van der Waals surface area contributed by atoms with E-state index in [1.807, 2.05) is 24.3 Å². The van der Waals surface area contributed by atoms with Crippen molar-refractivity contribution in [3.05, 3.63) is 185 Å². The highest BCUT2D eigenvalue weighted by Crippen LogP contribution is 2.64. The number of fused-ring (bicyclic) bond motifs is 14. The minimum absolute atomic E-state index is 0.0386. The van der Waals surface area contributed by atoms with Gasteiger partial charge in [-0.2, -0.15) is 4.98 Å². The van der Waals surface area contributed by atoms with Crippen molar-refractivity contribution in [2.45, 2.75) is 74.7 Å². The van der Waals surface area contributed by atoms with Gasteiger partial charge < -0.3 is 9.15 Å². The molecule has 0 saturated heterocycles. The van der Waals surface area contributed by atoms with E-state index in [-0.39, 0.29) is 22.9 Å². The van der Waals surface area contributed by atoms with Crippen molar-refractivity contribution in [2.24, 2.45) is 5.92 Å². The van der Waals surface area contributed by atoms with Crippen LogP contribution in [0.25, 0.3) is 55.6 Å². The number of aromatic nitrogens is 2. The topological polar surface area (TPSA) is 48.2 Å². The molecule has 0 N–H and O–H groups in total. The van der Waals surface area contributed by atoms with Gasteiger partial charge in [-0.25, -0.2) is 4.98 Å². The van der Waals surface area contributed by atoms with Crippen LogP contribution in [0.3, 0.4) is 0 Å². The van der Waals surface area contributed by atoms with Gasteiger partial charge in [-0.3, -0.25) is 0 Å². The molecule has 2 aromatic heterocycles. The van der Waals surface area contributed by atoms with Gasteiger partial charge in [-0.15, -0.1) is 0 Å². The van der Waals surface area contributed by atoms with E-state index >= 15 is 0 Å². The summed E-state index contributed by atoms with van der Waals surface area (Å²) in [5.41, 5.74) is 17.1. The molecule has 3 heterocycles. The Hall–Kier alpha value is -6.26. The highest BCUT2D eigenvalue weighted by molar-refractivity contribution is 6.10. The maximum absolute atomic E-state index is 6.83. The van der Waals surface area contributed by atoms with Gasteiger partial charge in [0.25, 0.3) is 0 Å². The number of rotatable bonds is 3. The standard InChI is InChI=1S/C55H44N2O2/c1-54(2)43-24-22-33(28-39(43)41-31-46-40(30-45(41)54)35-16-7-9-20-44(35)55(46)26-11-4-12-27-55)34-23-25-48-42(29-34)36-18-13-19-38(51(36)58-48)52-56-50(32-14-5-3-6-15-32)49-37-17-8-10-21-47(37)59-53(49)57-52/h3,5-10,13-25,28-31,36,40,46,51H,4,11-12,26-27H2,1-2H3. The van der Waals surface area contributed by atoms with E-state index in [1.165, 1.54) is 71.1 Å². The first-order chi connectivity index (χ1) is 29.0. The van der Waals surface area contributed by atoms with E-state index in [0.717, 1.165) is 38.9 Å². The van der Waals surface area contributed by atoms with Crippen LogP contribution in [0.15, 0.2) is 156 Å².